The SMILES string of the molecule is COCCOc1ccc(C(Br)c2cccc(I)c2)cc1Br. The second-order valence-electron chi connectivity index (χ2n) is 4.45. The zero-order valence-electron chi connectivity index (χ0n) is 11.5. The van der Waals surface area contributed by atoms with Crippen LogP contribution in [0.4, 0.5) is 0 Å². The van der Waals surface area contributed by atoms with E-state index in [0.717, 1.165) is 10.2 Å². The summed E-state index contributed by atoms with van der Waals surface area (Å²) in [4.78, 5) is 0.163. The molecule has 0 aliphatic carbocycles. The van der Waals surface area contributed by atoms with Gasteiger partial charge in [0.1, 0.15) is 12.4 Å². The van der Waals surface area contributed by atoms with E-state index in [1.165, 1.54) is 14.7 Å². The molecule has 0 fully saturated rings. The second kappa shape index (κ2) is 8.50. The van der Waals surface area contributed by atoms with E-state index < -0.39 is 0 Å². The first-order valence-electron chi connectivity index (χ1n) is 6.42. The summed E-state index contributed by atoms with van der Waals surface area (Å²) < 4.78 is 12.8. The molecule has 1 unspecified atom stereocenters. The normalized spacial score (nSPS) is 12.2. The number of methoxy groups -OCH3 is 1. The Kier molecular flexibility index (Phi) is 6.98. The Labute approximate surface area is 155 Å². The minimum absolute atomic E-state index is 0.163. The third kappa shape index (κ3) is 4.94. The molecule has 0 aliphatic heterocycles. The van der Waals surface area contributed by atoms with Crippen molar-refractivity contribution in [2.45, 2.75) is 4.83 Å². The van der Waals surface area contributed by atoms with Crippen molar-refractivity contribution in [2.75, 3.05) is 20.3 Å². The Bertz CT molecular complexity index is 605. The van der Waals surface area contributed by atoms with E-state index in [4.69, 9.17) is 9.47 Å². The van der Waals surface area contributed by atoms with Crippen LogP contribution in [0.25, 0.3) is 0 Å². The minimum Gasteiger partial charge on any atom is -0.490 e. The minimum atomic E-state index is 0.163. The van der Waals surface area contributed by atoms with Crippen molar-refractivity contribution < 1.29 is 9.47 Å². The fourth-order valence-electron chi connectivity index (χ4n) is 1.88. The molecule has 2 aromatic rings. The van der Waals surface area contributed by atoms with Gasteiger partial charge in [0, 0.05) is 10.7 Å². The summed E-state index contributed by atoms with van der Waals surface area (Å²) in [6.07, 6.45) is 0. The van der Waals surface area contributed by atoms with Crippen LogP contribution in [-0.2, 0) is 4.74 Å². The molecule has 0 heterocycles. The third-order valence-electron chi connectivity index (χ3n) is 2.93. The number of hydrogen-bond donors (Lipinski definition) is 0. The zero-order chi connectivity index (χ0) is 15.2. The maximum Gasteiger partial charge on any atom is 0.133 e. The summed E-state index contributed by atoms with van der Waals surface area (Å²) in [7, 11) is 1.66. The Balaban J connectivity index is 2.15. The first-order valence-corrected chi connectivity index (χ1v) is 9.21. The molecule has 0 bridgehead atoms. The molecule has 0 radical (unpaired) electrons. The first kappa shape index (κ1) is 17.2. The Hall–Kier alpha value is -0.110. The van der Waals surface area contributed by atoms with Gasteiger partial charge in [0.25, 0.3) is 0 Å². The Morgan fingerprint density at radius 3 is 2.52 bits per heavy atom. The van der Waals surface area contributed by atoms with Crippen molar-refractivity contribution in [3.8, 4) is 5.75 Å². The number of hydrogen-bond acceptors (Lipinski definition) is 2. The number of ether oxygens (including phenoxy) is 2. The van der Waals surface area contributed by atoms with Gasteiger partial charge in [-0.25, -0.2) is 0 Å². The lowest BCUT2D eigenvalue weighted by atomic mass is 10.0. The molecule has 0 saturated heterocycles. The summed E-state index contributed by atoms with van der Waals surface area (Å²) in [5.41, 5.74) is 2.42. The van der Waals surface area contributed by atoms with Crippen LogP contribution in [0, 0.1) is 3.57 Å². The molecule has 1 atom stereocenters. The lowest BCUT2D eigenvalue weighted by molar-refractivity contribution is 0.146. The van der Waals surface area contributed by atoms with Gasteiger partial charge < -0.3 is 9.47 Å². The van der Waals surface area contributed by atoms with Gasteiger partial charge in [-0.2, -0.15) is 0 Å². The number of alkyl halides is 1. The molecule has 5 heteroatoms. The van der Waals surface area contributed by atoms with Gasteiger partial charge in [-0.3, -0.25) is 0 Å². The van der Waals surface area contributed by atoms with Crippen LogP contribution in [0.5, 0.6) is 5.75 Å². The summed E-state index contributed by atoms with van der Waals surface area (Å²) in [6.45, 7) is 1.13. The van der Waals surface area contributed by atoms with Crippen molar-refractivity contribution in [1.82, 2.24) is 0 Å². The summed E-state index contributed by atoms with van der Waals surface area (Å²) in [5, 5.41) is 0. The summed E-state index contributed by atoms with van der Waals surface area (Å²) >= 11 is 9.66. The predicted molar refractivity (Wildman–Crippen MR) is 101 cm³/mol. The molecule has 2 aromatic carbocycles. The highest BCUT2D eigenvalue weighted by atomic mass is 127. The standard InChI is InChI=1S/C16H15Br2IO2/c1-20-7-8-21-15-6-5-12(10-14(15)17)16(18)11-3-2-4-13(19)9-11/h2-6,9-10,16H,7-8H2,1H3. The van der Waals surface area contributed by atoms with Gasteiger partial charge in [0.05, 0.1) is 15.9 Å². The van der Waals surface area contributed by atoms with E-state index in [9.17, 15) is 0 Å². The molecule has 21 heavy (non-hydrogen) atoms. The fraction of sp³-hybridized carbons (Fsp3) is 0.250. The van der Waals surface area contributed by atoms with Crippen molar-refractivity contribution in [3.63, 3.8) is 0 Å². The van der Waals surface area contributed by atoms with Crippen molar-refractivity contribution in [3.05, 3.63) is 61.6 Å². The highest BCUT2D eigenvalue weighted by molar-refractivity contribution is 14.1. The van der Waals surface area contributed by atoms with Crippen LogP contribution >= 0.6 is 54.5 Å². The largest absolute Gasteiger partial charge is 0.490 e. The molecular formula is C16H15Br2IO2. The van der Waals surface area contributed by atoms with Crippen LogP contribution in [-0.4, -0.2) is 20.3 Å². The summed E-state index contributed by atoms with van der Waals surface area (Å²) in [6, 6.07) is 14.6. The van der Waals surface area contributed by atoms with E-state index in [1.807, 2.05) is 6.07 Å². The molecule has 2 rings (SSSR count). The molecule has 0 aromatic heterocycles. The van der Waals surface area contributed by atoms with Gasteiger partial charge in [-0.1, -0.05) is 34.1 Å². The number of rotatable bonds is 6. The van der Waals surface area contributed by atoms with Gasteiger partial charge in [0.15, 0.2) is 0 Å². The van der Waals surface area contributed by atoms with Crippen LogP contribution < -0.4 is 4.74 Å². The molecule has 2 nitrogen and oxygen atoms in total. The topological polar surface area (TPSA) is 18.5 Å². The van der Waals surface area contributed by atoms with Crippen LogP contribution in [0.15, 0.2) is 46.9 Å². The van der Waals surface area contributed by atoms with Crippen LogP contribution in [0.2, 0.25) is 0 Å². The predicted octanol–water partition coefficient (Wildman–Crippen LogP) is 5.56. The molecule has 0 aliphatic rings. The highest BCUT2D eigenvalue weighted by Crippen LogP contribution is 2.35. The van der Waals surface area contributed by atoms with Gasteiger partial charge >= 0.3 is 0 Å². The smallest absolute Gasteiger partial charge is 0.133 e. The fourth-order valence-corrected chi connectivity index (χ4v) is 3.53. The molecular weight excluding hydrogens is 511 g/mol. The zero-order valence-corrected chi connectivity index (χ0v) is 16.8. The highest BCUT2D eigenvalue weighted by Gasteiger charge is 2.12. The van der Waals surface area contributed by atoms with Crippen molar-refractivity contribution in [2.24, 2.45) is 0 Å². The van der Waals surface area contributed by atoms with E-state index in [-0.39, 0.29) is 4.83 Å². The quantitative estimate of drug-likeness (QED) is 0.279. The van der Waals surface area contributed by atoms with Crippen molar-refractivity contribution in [1.29, 1.82) is 0 Å². The second-order valence-corrected chi connectivity index (χ2v) is 7.46. The molecule has 0 saturated carbocycles. The lowest BCUT2D eigenvalue weighted by Crippen LogP contribution is -2.05. The van der Waals surface area contributed by atoms with E-state index >= 15 is 0 Å². The molecule has 0 N–H and O–H groups in total. The van der Waals surface area contributed by atoms with Crippen LogP contribution in [0.3, 0.4) is 0 Å². The molecule has 0 amide bonds. The summed E-state index contributed by atoms with van der Waals surface area (Å²) in [5.74, 6) is 0.832. The van der Waals surface area contributed by atoms with Gasteiger partial charge in [-0.15, -0.1) is 0 Å². The first-order chi connectivity index (χ1) is 10.1. The maximum absolute atomic E-state index is 5.65. The van der Waals surface area contributed by atoms with E-state index in [0.29, 0.717) is 13.2 Å². The Morgan fingerprint density at radius 1 is 1.10 bits per heavy atom. The van der Waals surface area contributed by atoms with Crippen LogP contribution in [0.1, 0.15) is 16.0 Å². The monoisotopic (exact) mass is 524 g/mol. The maximum atomic E-state index is 5.65. The number of halogens is 3. The molecule has 112 valence electrons. The van der Waals surface area contributed by atoms with Gasteiger partial charge in [0.2, 0.25) is 0 Å². The third-order valence-corrected chi connectivity index (χ3v) is 5.28. The average Bonchev–Trinajstić information content (AvgIpc) is 2.48. The lowest BCUT2D eigenvalue weighted by Gasteiger charge is -2.14. The number of benzene rings is 2. The Morgan fingerprint density at radius 2 is 1.86 bits per heavy atom. The average molecular weight is 526 g/mol. The van der Waals surface area contributed by atoms with Gasteiger partial charge in [-0.05, 0) is 73.9 Å². The molecule has 0 spiro atoms. The van der Waals surface area contributed by atoms with E-state index in [2.05, 4.69) is 90.8 Å². The van der Waals surface area contributed by atoms with E-state index in [1.54, 1.807) is 7.11 Å². The van der Waals surface area contributed by atoms with Crippen molar-refractivity contribution >= 4 is 54.5 Å².